The van der Waals surface area contributed by atoms with E-state index in [0.717, 1.165) is 21.9 Å². The van der Waals surface area contributed by atoms with Crippen molar-refractivity contribution in [3.63, 3.8) is 0 Å². The van der Waals surface area contributed by atoms with E-state index in [1.54, 1.807) is 41.6 Å². The first kappa shape index (κ1) is 19.6. The number of aromatic nitrogens is 2. The molecule has 0 spiro atoms. The molecule has 3 aromatic rings. The third-order valence-corrected chi connectivity index (χ3v) is 5.81. The van der Waals surface area contributed by atoms with Gasteiger partial charge in [0.1, 0.15) is 5.82 Å². The zero-order valence-electron chi connectivity index (χ0n) is 16.0. The number of benzene rings is 2. The Morgan fingerprint density at radius 2 is 2.17 bits per heavy atom. The Kier molecular flexibility index (Phi) is 5.92. The Morgan fingerprint density at radius 1 is 1.31 bits per heavy atom. The van der Waals surface area contributed by atoms with Crippen molar-refractivity contribution in [3.05, 3.63) is 64.2 Å². The van der Waals surface area contributed by atoms with Gasteiger partial charge in [-0.3, -0.25) is 9.36 Å². The first-order chi connectivity index (χ1) is 14.2. The summed E-state index contributed by atoms with van der Waals surface area (Å²) in [6.45, 7) is 0.996. The van der Waals surface area contributed by atoms with E-state index in [9.17, 15) is 9.18 Å². The van der Waals surface area contributed by atoms with Crippen molar-refractivity contribution in [2.45, 2.75) is 24.3 Å². The molecule has 2 aromatic carbocycles. The smallest absolute Gasteiger partial charge is 0.262 e. The first-order valence-corrected chi connectivity index (χ1v) is 10.4. The summed E-state index contributed by atoms with van der Waals surface area (Å²) in [5, 5.41) is 5.07. The molecule has 0 amide bonds. The van der Waals surface area contributed by atoms with Crippen molar-refractivity contribution in [1.82, 2.24) is 9.55 Å². The van der Waals surface area contributed by atoms with E-state index in [-0.39, 0.29) is 11.4 Å². The van der Waals surface area contributed by atoms with Gasteiger partial charge >= 0.3 is 0 Å². The van der Waals surface area contributed by atoms with Gasteiger partial charge in [-0.15, -0.1) is 11.8 Å². The zero-order valence-corrected chi connectivity index (χ0v) is 16.8. The minimum atomic E-state index is -0.292. The minimum Gasteiger partial charge on any atom is -0.385 e. The van der Waals surface area contributed by atoms with Crippen molar-refractivity contribution >= 4 is 34.3 Å². The molecule has 0 atom stereocenters. The quantitative estimate of drug-likeness (QED) is 0.492. The first-order valence-electron chi connectivity index (χ1n) is 9.41. The van der Waals surface area contributed by atoms with Crippen molar-refractivity contribution in [1.29, 1.82) is 0 Å². The second-order valence-corrected chi connectivity index (χ2v) is 7.80. The van der Waals surface area contributed by atoms with Crippen molar-refractivity contribution in [2.75, 3.05) is 24.9 Å². The van der Waals surface area contributed by atoms with Gasteiger partial charge in [-0.25, -0.2) is 14.8 Å². The number of methoxy groups -OCH3 is 1. The Morgan fingerprint density at radius 3 is 3.03 bits per heavy atom. The highest BCUT2D eigenvalue weighted by Gasteiger charge is 2.18. The van der Waals surface area contributed by atoms with Crippen LogP contribution in [0.5, 0.6) is 0 Å². The van der Waals surface area contributed by atoms with Crippen LogP contribution in [0.3, 0.4) is 0 Å². The van der Waals surface area contributed by atoms with E-state index in [2.05, 4.69) is 15.5 Å². The fourth-order valence-electron chi connectivity index (χ4n) is 3.31. The van der Waals surface area contributed by atoms with E-state index in [1.165, 1.54) is 12.1 Å². The molecule has 0 unspecified atom stereocenters. The van der Waals surface area contributed by atoms with Gasteiger partial charge < -0.3 is 4.74 Å². The Labute approximate surface area is 171 Å². The van der Waals surface area contributed by atoms with E-state index in [0.29, 0.717) is 42.8 Å². The number of hydrogen-bond acceptors (Lipinski definition) is 6. The number of hydrazone groups is 1. The largest absolute Gasteiger partial charge is 0.385 e. The number of rotatable bonds is 6. The second-order valence-electron chi connectivity index (χ2n) is 6.66. The van der Waals surface area contributed by atoms with Gasteiger partial charge in [-0.1, -0.05) is 12.1 Å². The van der Waals surface area contributed by atoms with Crippen LogP contribution in [-0.2, 0) is 11.3 Å². The normalized spacial score (nSPS) is 14.9. The highest BCUT2D eigenvalue weighted by atomic mass is 32.2. The molecule has 0 radical (unpaired) electrons. The Balaban J connectivity index is 1.72. The third kappa shape index (κ3) is 4.18. The summed E-state index contributed by atoms with van der Waals surface area (Å²) in [5.74, 6) is 0.943. The number of ether oxygens (including phenoxy) is 1. The van der Waals surface area contributed by atoms with Crippen LogP contribution in [0.4, 0.5) is 10.3 Å². The molecule has 1 aliphatic rings. The number of fused-ring (bicyclic) bond motifs is 2. The van der Waals surface area contributed by atoms with Gasteiger partial charge in [0.2, 0.25) is 5.95 Å². The zero-order chi connectivity index (χ0) is 20.2. The number of nitrogens with zero attached hydrogens (tertiary/aromatic N) is 3. The van der Waals surface area contributed by atoms with E-state index in [1.807, 2.05) is 12.1 Å². The van der Waals surface area contributed by atoms with Crippen LogP contribution in [0.25, 0.3) is 10.9 Å². The molecule has 0 saturated heterocycles. The van der Waals surface area contributed by atoms with Crippen molar-refractivity contribution in [2.24, 2.45) is 5.10 Å². The highest BCUT2D eigenvalue weighted by Crippen LogP contribution is 2.30. The molecule has 8 heteroatoms. The molecule has 6 nitrogen and oxygen atoms in total. The molecule has 29 heavy (non-hydrogen) atoms. The maximum Gasteiger partial charge on any atom is 0.262 e. The van der Waals surface area contributed by atoms with Gasteiger partial charge in [-0.05, 0) is 36.8 Å². The summed E-state index contributed by atoms with van der Waals surface area (Å²) in [7, 11) is 1.63. The minimum absolute atomic E-state index is 0.125. The van der Waals surface area contributed by atoms with Gasteiger partial charge in [0.15, 0.2) is 0 Å². The van der Waals surface area contributed by atoms with E-state index < -0.39 is 0 Å². The van der Waals surface area contributed by atoms with E-state index >= 15 is 0 Å². The van der Waals surface area contributed by atoms with Crippen LogP contribution in [0.1, 0.15) is 18.4 Å². The number of hydrogen-bond donors (Lipinski definition) is 1. The summed E-state index contributed by atoms with van der Waals surface area (Å²) in [6.07, 6.45) is 1.38. The molecular formula is C21H21FN4O2S. The van der Waals surface area contributed by atoms with Crippen LogP contribution < -0.4 is 11.0 Å². The van der Waals surface area contributed by atoms with Crippen molar-refractivity contribution in [3.8, 4) is 0 Å². The van der Waals surface area contributed by atoms with E-state index in [4.69, 9.17) is 4.74 Å². The second kappa shape index (κ2) is 8.75. The number of nitrogens with one attached hydrogen (secondary N) is 1. The number of thioether (sulfide) groups is 1. The van der Waals surface area contributed by atoms with Gasteiger partial charge in [-0.2, -0.15) is 5.10 Å². The van der Waals surface area contributed by atoms with Crippen LogP contribution in [0, 0.1) is 5.82 Å². The summed E-state index contributed by atoms with van der Waals surface area (Å²) >= 11 is 1.68. The Hall–Kier alpha value is -2.71. The molecule has 0 aliphatic carbocycles. The number of halogens is 1. The lowest BCUT2D eigenvalue weighted by atomic mass is 10.1. The summed E-state index contributed by atoms with van der Waals surface area (Å²) < 4.78 is 20.4. The lowest BCUT2D eigenvalue weighted by molar-refractivity contribution is 0.190. The molecular weight excluding hydrogens is 391 g/mol. The fraction of sp³-hybridized carbons (Fsp3) is 0.286. The third-order valence-electron chi connectivity index (χ3n) is 4.73. The molecule has 1 N–H and O–H groups in total. The summed E-state index contributed by atoms with van der Waals surface area (Å²) in [6, 6.07) is 12.0. The summed E-state index contributed by atoms with van der Waals surface area (Å²) in [4.78, 5) is 18.6. The molecule has 1 aliphatic heterocycles. The van der Waals surface area contributed by atoms with Crippen LogP contribution in [0.15, 0.2) is 57.3 Å². The van der Waals surface area contributed by atoms with Crippen molar-refractivity contribution < 1.29 is 9.13 Å². The molecule has 0 fully saturated rings. The molecule has 0 saturated carbocycles. The van der Waals surface area contributed by atoms with Crippen LogP contribution in [-0.4, -0.2) is 34.7 Å². The Bertz CT molecular complexity index is 1130. The maximum atomic E-state index is 13.7. The molecule has 150 valence electrons. The lowest BCUT2D eigenvalue weighted by Gasteiger charge is -2.18. The monoisotopic (exact) mass is 412 g/mol. The average Bonchev–Trinajstić information content (AvgIpc) is 2.74. The number of anilines is 1. The lowest BCUT2D eigenvalue weighted by Crippen LogP contribution is -2.25. The summed E-state index contributed by atoms with van der Waals surface area (Å²) in [5.41, 5.74) is 4.99. The SMILES string of the molecule is COCCCn1c(N/N=C2/CCSc3ccc(F)cc32)nc2ccccc2c1=O. The maximum absolute atomic E-state index is 13.7. The van der Waals surface area contributed by atoms with Gasteiger partial charge in [0.05, 0.1) is 16.6 Å². The van der Waals surface area contributed by atoms with Gasteiger partial charge in [0.25, 0.3) is 5.56 Å². The highest BCUT2D eigenvalue weighted by molar-refractivity contribution is 7.99. The van der Waals surface area contributed by atoms with Gasteiger partial charge in [0, 0.05) is 42.9 Å². The molecule has 2 heterocycles. The predicted octanol–water partition coefficient (Wildman–Crippen LogP) is 3.88. The molecule has 0 bridgehead atoms. The van der Waals surface area contributed by atoms with Crippen LogP contribution in [0.2, 0.25) is 0 Å². The fourth-order valence-corrected chi connectivity index (χ4v) is 4.32. The average molecular weight is 412 g/mol. The topological polar surface area (TPSA) is 68.5 Å². The van der Waals surface area contributed by atoms with Crippen LogP contribution >= 0.6 is 11.8 Å². The standard InChI is InChI=1S/C21H21FN4O2S/c1-28-11-4-10-26-20(27)15-5-2-3-6-17(15)23-21(26)25-24-18-9-12-29-19-8-7-14(22)13-16(18)19/h2-3,5-8,13H,4,9-12H2,1H3,(H,23,25)/b24-18-. The predicted molar refractivity (Wildman–Crippen MR) is 114 cm³/mol. The molecule has 4 rings (SSSR count). The molecule has 1 aromatic heterocycles. The number of para-hydroxylation sites is 1.